The molecule has 1 aliphatic rings. The van der Waals surface area contributed by atoms with Crippen LogP contribution in [0.2, 0.25) is 0 Å². The van der Waals surface area contributed by atoms with E-state index in [1.54, 1.807) is 6.07 Å². The van der Waals surface area contributed by atoms with Crippen molar-refractivity contribution in [2.75, 3.05) is 42.5 Å². The van der Waals surface area contributed by atoms with Gasteiger partial charge in [0.25, 0.3) is 0 Å². The van der Waals surface area contributed by atoms with Gasteiger partial charge in [0.2, 0.25) is 0 Å². The molecule has 1 fully saturated rings. The Morgan fingerprint density at radius 1 is 1.61 bits per heavy atom. The standard InChI is InChI=1S/C15H22FN5O2/c1-2-19-8-12-9-21(15(22)23-12)11-3-4-14(13(16)7-11)20(10-18)6-5-17/h3-4,7,10,12,18-19H,2,5-6,8-9,17H2,1H3. The Morgan fingerprint density at radius 3 is 3.00 bits per heavy atom. The van der Waals surface area contributed by atoms with E-state index in [1.807, 2.05) is 6.92 Å². The Hall–Kier alpha value is -2.19. The smallest absolute Gasteiger partial charge is 0.414 e. The molecular weight excluding hydrogens is 301 g/mol. The molecule has 7 nitrogen and oxygen atoms in total. The van der Waals surface area contributed by atoms with Crippen molar-refractivity contribution in [2.45, 2.75) is 13.0 Å². The monoisotopic (exact) mass is 323 g/mol. The van der Waals surface area contributed by atoms with Crippen molar-refractivity contribution in [3.8, 4) is 0 Å². The summed E-state index contributed by atoms with van der Waals surface area (Å²) in [5, 5.41) is 10.4. The molecule has 1 unspecified atom stereocenters. The predicted octanol–water partition coefficient (Wildman–Crippen LogP) is 1.13. The maximum atomic E-state index is 14.3. The summed E-state index contributed by atoms with van der Waals surface area (Å²) >= 11 is 0. The molecule has 0 bridgehead atoms. The quantitative estimate of drug-likeness (QED) is 0.492. The Kier molecular flexibility index (Phi) is 5.89. The summed E-state index contributed by atoms with van der Waals surface area (Å²) in [6.07, 6.45) is 0.299. The highest BCUT2D eigenvalue weighted by atomic mass is 19.1. The van der Waals surface area contributed by atoms with Crippen LogP contribution >= 0.6 is 0 Å². The first kappa shape index (κ1) is 17.2. The minimum absolute atomic E-state index is 0.250. The third kappa shape index (κ3) is 3.96. The molecule has 1 atom stereocenters. The first-order valence-electron chi connectivity index (χ1n) is 7.56. The van der Waals surface area contributed by atoms with Gasteiger partial charge in [-0.1, -0.05) is 6.92 Å². The van der Waals surface area contributed by atoms with Crippen molar-refractivity contribution < 1.29 is 13.9 Å². The van der Waals surface area contributed by atoms with Gasteiger partial charge in [0.1, 0.15) is 11.9 Å². The number of ether oxygens (including phenoxy) is 1. The van der Waals surface area contributed by atoms with Crippen molar-refractivity contribution in [1.29, 1.82) is 5.41 Å². The summed E-state index contributed by atoms with van der Waals surface area (Å²) in [7, 11) is 0. The van der Waals surface area contributed by atoms with Crippen LogP contribution in [0, 0.1) is 11.2 Å². The summed E-state index contributed by atoms with van der Waals surface area (Å²) < 4.78 is 19.6. The molecule has 0 radical (unpaired) electrons. The number of likely N-dealkylation sites (N-methyl/N-ethyl adjacent to an activating group) is 1. The number of halogens is 1. The highest BCUT2D eigenvalue weighted by Crippen LogP contribution is 2.27. The van der Waals surface area contributed by atoms with Crippen molar-refractivity contribution in [1.82, 2.24) is 5.32 Å². The van der Waals surface area contributed by atoms with Gasteiger partial charge < -0.3 is 20.7 Å². The average molecular weight is 323 g/mol. The van der Waals surface area contributed by atoms with Crippen LogP contribution in [-0.4, -0.2) is 51.3 Å². The number of anilines is 2. The number of nitrogens with two attached hydrogens (primary N) is 1. The average Bonchev–Trinajstić information content (AvgIpc) is 2.92. The number of benzene rings is 1. The van der Waals surface area contributed by atoms with Crippen molar-refractivity contribution in [3.63, 3.8) is 0 Å². The summed E-state index contributed by atoms with van der Waals surface area (Å²) in [5.74, 6) is -0.512. The topological polar surface area (TPSA) is 94.7 Å². The molecule has 2 rings (SSSR count). The van der Waals surface area contributed by atoms with Crippen molar-refractivity contribution in [3.05, 3.63) is 24.0 Å². The lowest BCUT2D eigenvalue weighted by atomic mass is 10.2. The van der Waals surface area contributed by atoms with Crippen LogP contribution in [-0.2, 0) is 4.74 Å². The number of hydrogen-bond donors (Lipinski definition) is 3. The van der Waals surface area contributed by atoms with Gasteiger partial charge in [-0.3, -0.25) is 10.3 Å². The highest BCUT2D eigenvalue weighted by molar-refractivity contribution is 5.90. The van der Waals surface area contributed by atoms with Gasteiger partial charge in [0, 0.05) is 19.6 Å². The molecule has 23 heavy (non-hydrogen) atoms. The van der Waals surface area contributed by atoms with E-state index in [0.717, 1.165) is 12.9 Å². The number of nitrogens with one attached hydrogen (secondary N) is 2. The normalized spacial score (nSPS) is 17.3. The molecular formula is C15H22FN5O2. The third-order valence-electron chi connectivity index (χ3n) is 3.57. The molecule has 1 saturated heterocycles. The second-order valence-electron chi connectivity index (χ2n) is 5.17. The van der Waals surface area contributed by atoms with Gasteiger partial charge in [-0.15, -0.1) is 0 Å². The number of carbonyl (C=O) groups excluding carboxylic acids is 1. The first-order chi connectivity index (χ1) is 11.1. The third-order valence-corrected chi connectivity index (χ3v) is 3.57. The van der Waals surface area contributed by atoms with Crippen LogP contribution in [0.3, 0.4) is 0 Å². The second-order valence-corrected chi connectivity index (χ2v) is 5.17. The molecule has 1 amide bonds. The molecule has 1 aliphatic heterocycles. The van der Waals surface area contributed by atoms with Crippen LogP contribution in [0.15, 0.2) is 18.2 Å². The molecule has 126 valence electrons. The highest BCUT2D eigenvalue weighted by Gasteiger charge is 2.32. The second kappa shape index (κ2) is 7.89. The van der Waals surface area contributed by atoms with Gasteiger partial charge >= 0.3 is 6.09 Å². The molecule has 0 saturated carbocycles. The zero-order valence-corrected chi connectivity index (χ0v) is 13.1. The number of rotatable bonds is 8. The lowest BCUT2D eigenvalue weighted by molar-refractivity contribution is 0.140. The molecule has 0 aliphatic carbocycles. The van der Waals surface area contributed by atoms with E-state index in [2.05, 4.69) is 5.32 Å². The van der Waals surface area contributed by atoms with E-state index in [0.29, 0.717) is 31.9 Å². The molecule has 0 spiro atoms. The number of hydrogen-bond acceptors (Lipinski definition) is 5. The van der Waals surface area contributed by atoms with E-state index in [-0.39, 0.29) is 11.8 Å². The number of cyclic esters (lactones) is 1. The van der Waals surface area contributed by atoms with Crippen molar-refractivity contribution in [2.24, 2.45) is 5.73 Å². The van der Waals surface area contributed by atoms with E-state index in [4.69, 9.17) is 15.9 Å². The van der Waals surface area contributed by atoms with Gasteiger partial charge in [-0.05, 0) is 24.7 Å². The Labute approximate surface area is 134 Å². The Bertz CT molecular complexity index is 569. The summed E-state index contributed by atoms with van der Waals surface area (Å²) in [6, 6.07) is 4.46. The molecule has 8 heteroatoms. The molecule has 1 heterocycles. The Balaban J connectivity index is 2.14. The largest absolute Gasteiger partial charge is 0.443 e. The molecule has 0 aromatic heterocycles. The van der Waals surface area contributed by atoms with Gasteiger partial charge in [0.15, 0.2) is 0 Å². The fourth-order valence-electron chi connectivity index (χ4n) is 2.43. The maximum Gasteiger partial charge on any atom is 0.414 e. The zero-order chi connectivity index (χ0) is 16.8. The lowest BCUT2D eigenvalue weighted by Crippen LogP contribution is -2.31. The van der Waals surface area contributed by atoms with Crippen LogP contribution < -0.4 is 20.9 Å². The fourth-order valence-corrected chi connectivity index (χ4v) is 2.43. The number of carbonyl (C=O) groups is 1. The van der Waals surface area contributed by atoms with E-state index in [9.17, 15) is 9.18 Å². The molecule has 4 N–H and O–H groups in total. The van der Waals surface area contributed by atoms with Gasteiger partial charge in [0.05, 0.1) is 24.3 Å². The lowest BCUT2D eigenvalue weighted by Gasteiger charge is -2.20. The predicted molar refractivity (Wildman–Crippen MR) is 87.7 cm³/mol. The fraction of sp³-hybridized carbons (Fsp3) is 0.467. The zero-order valence-electron chi connectivity index (χ0n) is 13.1. The summed E-state index contributed by atoms with van der Waals surface area (Å²) in [6.45, 7) is 4.35. The first-order valence-corrected chi connectivity index (χ1v) is 7.56. The van der Waals surface area contributed by atoms with E-state index in [1.165, 1.54) is 21.9 Å². The van der Waals surface area contributed by atoms with E-state index < -0.39 is 11.9 Å². The van der Waals surface area contributed by atoms with E-state index >= 15 is 0 Å². The van der Waals surface area contributed by atoms with Crippen LogP contribution in [0.25, 0.3) is 0 Å². The minimum Gasteiger partial charge on any atom is -0.443 e. The molecule has 1 aromatic carbocycles. The van der Waals surface area contributed by atoms with Crippen LogP contribution in [0.1, 0.15) is 6.92 Å². The minimum atomic E-state index is -0.512. The van der Waals surface area contributed by atoms with Gasteiger partial charge in [-0.2, -0.15) is 0 Å². The Morgan fingerprint density at radius 2 is 2.39 bits per heavy atom. The maximum absolute atomic E-state index is 14.3. The van der Waals surface area contributed by atoms with Gasteiger partial charge in [-0.25, -0.2) is 9.18 Å². The number of nitrogens with zero attached hydrogens (tertiary/aromatic N) is 2. The summed E-state index contributed by atoms with van der Waals surface area (Å²) in [4.78, 5) is 14.7. The molecule has 1 aromatic rings. The summed E-state index contributed by atoms with van der Waals surface area (Å²) in [5.41, 5.74) is 6.15. The SMILES string of the molecule is CCNCC1CN(c2ccc(N(C=N)CCN)c(F)c2)C(=O)O1. The van der Waals surface area contributed by atoms with Crippen LogP contribution in [0.5, 0.6) is 0 Å². The number of amides is 1. The van der Waals surface area contributed by atoms with Crippen LogP contribution in [0.4, 0.5) is 20.6 Å². The van der Waals surface area contributed by atoms with Crippen molar-refractivity contribution >= 4 is 23.8 Å².